The zero-order chi connectivity index (χ0) is 40.9. The molecule has 2 amide bonds. The molecule has 0 unspecified atom stereocenters. The molecule has 4 aromatic carbocycles. The molecule has 0 aliphatic rings. The van der Waals surface area contributed by atoms with Crippen LogP contribution in [0.3, 0.4) is 0 Å². The first-order chi connectivity index (χ1) is 25.5. The largest absolute Gasteiger partial charge is 0.397 e. The maximum atomic E-state index is 10.7. The molecule has 5 N–H and O–H groups in total. The number of aryl methyl sites for hydroxylation is 3. The Labute approximate surface area is 315 Å². The molecule has 12 nitrogen and oxygen atoms in total. The number of rotatable bonds is 3. The maximum absolute atomic E-state index is 10.7. The van der Waals surface area contributed by atoms with E-state index in [4.69, 9.17) is 5.73 Å². The van der Waals surface area contributed by atoms with E-state index in [1.807, 2.05) is 131 Å². The van der Waals surface area contributed by atoms with Crippen LogP contribution in [-0.4, -0.2) is 36.3 Å². The number of fused-ring (bicyclic) bond motifs is 2. The molecule has 6 aromatic rings. The van der Waals surface area contributed by atoms with Gasteiger partial charge in [0.1, 0.15) is 17.3 Å². The molecule has 0 aliphatic heterocycles. The van der Waals surface area contributed by atoms with Crippen LogP contribution in [0, 0.1) is 24.0 Å². The Morgan fingerprint density at radius 1 is 0.679 bits per heavy atom. The summed E-state index contributed by atoms with van der Waals surface area (Å²) in [6.07, 6.45) is 0. The number of nitrogens with one attached hydrogen (secondary N) is 3. The number of imidazole rings is 2. The minimum Gasteiger partial charge on any atom is -0.397 e. The predicted molar refractivity (Wildman–Crippen MR) is 224 cm³/mol. The van der Waals surface area contributed by atoms with E-state index >= 15 is 0 Å². The van der Waals surface area contributed by atoms with E-state index in [9.17, 15) is 19.7 Å². The number of nitrogen functional groups attached to an aromatic ring is 1. The lowest BCUT2D eigenvalue weighted by Gasteiger charge is -2.03. The maximum Gasteiger partial charge on any atom is 0.292 e. The van der Waals surface area contributed by atoms with Gasteiger partial charge in [0.25, 0.3) is 5.69 Å². The standard InChI is InChI=1S/C9H10N2.C8H8N2O3.C8H10N2O.C8H8N2.4C2H6/c1-7-10-8-5-3-4-6-9(8)11(7)2;1-6(11)9-7-4-2-3-5-8(7)10(12)13;1-6(11)10-8-5-3-2-4-7(8)9;1-6-9-7-4-2-3-5-8(7)10-6;4*1-2/h3-6H,1-2H3;2-5H,1H3,(H,9,11);2-5H,9H2,1H3,(H,10,11);2-5H,1H3,(H,9,10);4*1-2H3. The second kappa shape index (κ2) is 28.6. The average molecular weight is 729 g/mol. The molecule has 0 bridgehead atoms. The zero-order valence-electron chi connectivity index (χ0n) is 33.7. The van der Waals surface area contributed by atoms with Crippen molar-refractivity contribution in [1.82, 2.24) is 19.5 Å². The number of aromatic amines is 1. The molecule has 12 heteroatoms. The van der Waals surface area contributed by atoms with Gasteiger partial charge in [-0.15, -0.1) is 0 Å². The molecule has 6 rings (SSSR count). The van der Waals surface area contributed by atoms with Crippen LogP contribution in [0.4, 0.5) is 22.7 Å². The summed E-state index contributed by atoms with van der Waals surface area (Å²) in [5, 5.41) is 15.4. The fourth-order valence-corrected chi connectivity index (χ4v) is 4.08. The summed E-state index contributed by atoms with van der Waals surface area (Å²) < 4.78 is 2.09. The number of carbonyl (C=O) groups is 2. The fraction of sp³-hybridized carbons (Fsp3) is 0.317. The number of para-hydroxylation sites is 8. The second-order valence-electron chi connectivity index (χ2n) is 9.77. The summed E-state index contributed by atoms with van der Waals surface area (Å²) in [6.45, 7) is 22.7. The van der Waals surface area contributed by atoms with Crippen molar-refractivity contribution in [2.45, 2.75) is 83.1 Å². The number of hydrogen-bond donors (Lipinski definition) is 4. The van der Waals surface area contributed by atoms with Crippen LogP contribution < -0.4 is 16.4 Å². The van der Waals surface area contributed by atoms with Crippen LogP contribution >= 0.6 is 0 Å². The Hall–Kier alpha value is -6.04. The number of nitrogens with two attached hydrogens (primary N) is 1. The number of amides is 2. The van der Waals surface area contributed by atoms with Gasteiger partial charge in [0.15, 0.2) is 0 Å². The van der Waals surface area contributed by atoms with Crippen molar-refractivity contribution >= 4 is 56.6 Å². The molecule has 0 spiro atoms. The summed E-state index contributed by atoms with van der Waals surface area (Å²) in [4.78, 5) is 43.0. The first kappa shape index (κ1) is 49.1. The zero-order valence-corrected chi connectivity index (χ0v) is 33.7. The fourth-order valence-electron chi connectivity index (χ4n) is 4.08. The van der Waals surface area contributed by atoms with Crippen LogP contribution in [0.25, 0.3) is 22.1 Å². The van der Waals surface area contributed by atoms with Crippen LogP contribution in [0.5, 0.6) is 0 Å². The highest BCUT2D eigenvalue weighted by molar-refractivity contribution is 5.92. The van der Waals surface area contributed by atoms with Crippen molar-refractivity contribution < 1.29 is 14.5 Å². The van der Waals surface area contributed by atoms with Gasteiger partial charge < -0.3 is 25.9 Å². The lowest BCUT2D eigenvalue weighted by atomic mass is 10.2. The first-order valence-corrected chi connectivity index (χ1v) is 17.9. The number of benzene rings is 4. The summed E-state index contributed by atoms with van der Waals surface area (Å²) in [5.41, 5.74) is 11.4. The molecule has 0 aliphatic carbocycles. The van der Waals surface area contributed by atoms with Gasteiger partial charge in [0.05, 0.1) is 38.4 Å². The van der Waals surface area contributed by atoms with Crippen LogP contribution in [0.1, 0.15) is 80.9 Å². The summed E-state index contributed by atoms with van der Waals surface area (Å²) in [5.74, 6) is 1.60. The topological polar surface area (TPSA) is 174 Å². The van der Waals surface area contributed by atoms with E-state index in [0.29, 0.717) is 11.4 Å². The molecule has 0 saturated carbocycles. The predicted octanol–water partition coefficient (Wildman–Crippen LogP) is 10.6. The average Bonchev–Trinajstić information content (AvgIpc) is 3.70. The van der Waals surface area contributed by atoms with Gasteiger partial charge in [-0.25, -0.2) is 9.97 Å². The molecule has 2 heterocycles. The number of nitro benzene ring substituents is 1. The van der Waals surface area contributed by atoms with Crippen molar-refractivity contribution in [3.8, 4) is 0 Å². The van der Waals surface area contributed by atoms with Gasteiger partial charge >= 0.3 is 0 Å². The highest BCUT2D eigenvalue weighted by Crippen LogP contribution is 2.22. The normalized spacial score (nSPS) is 8.85. The Kier molecular flexibility index (Phi) is 26.5. The van der Waals surface area contributed by atoms with Gasteiger partial charge in [0, 0.05) is 27.0 Å². The molecule has 0 fully saturated rings. The molecule has 288 valence electrons. The van der Waals surface area contributed by atoms with Crippen molar-refractivity contribution in [2.24, 2.45) is 7.05 Å². The van der Waals surface area contributed by atoms with E-state index in [1.165, 1.54) is 31.5 Å². The lowest BCUT2D eigenvalue weighted by molar-refractivity contribution is -0.383. The van der Waals surface area contributed by atoms with E-state index in [2.05, 4.69) is 36.2 Å². The number of anilines is 3. The Bertz CT molecular complexity index is 1880. The molecule has 0 atom stereocenters. The third-order valence-corrected chi connectivity index (χ3v) is 6.20. The van der Waals surface area contributed by atoms with Gasteiger partial charge in [0.2, 0.25) is 11.8 Å². The number of H-pyrrole nitrogens is 1. The number of nitrogens with zero attached hydrogens (tertiary/aromatic N) is 4. The molecule has 2 aromatic heterocycles. The van der Waals surface area contributed by atoms with Crippen molar-refractivity contribution in [3.05, 3.63) is 119 Å². The molecule has 53 heavy (non-hydrogen) atoms. The quantitative estimate of drug-likeness (QED) is 0.0796. The molecule has 0 radical (unpaired) electrons. The monoisotopic (exact) mass is 728 g/mol. The number of hydrogen-bond acceptors (Lipinski definition) is 7. The van der Waals surface area contributed by atoms with Gasteiger partial charge in [-0.3, -0.25) is 19.7 Å². The van der Waals surface area contributed by atoms with Crippen molar-refractivity contribution in [1.29, 1.82) is 0 Å². The number of carbonyl (C=O) groups excluding carboxylic acids is 2. The third kappa shape index (κ3) is 18.1. The van der Waals surface area contributed by atoms with E-state index < -0.39 is 4.92 Å². The van der Waals surface area contributed by atoms with Gasteiger partial charge in [-0.1, -0.05) is 104 Å². The highest BCUT2D eigenvalue weighted by Gasteiger charge is 2.12. The number of nitro groups is 1. The van der Waals surface area contributed by atoms with Crippen molar-refractivity contribution in [3.63, 3.8) is 0 Å². The van der Waals surface area contributed by atoms with Crippen molar-refractivity contribution in [2.75, 3.05) is 16.4 Å². The summed E-state index contributed by atoms with van der Waals surface area (Å²) >= 11 is 0. The second-order valence-corrected chi connectivity index (χ2v) is 9.77. The first-order valence-electron chi connectivity index (χ1n) is 17.9. The minimum atomic E-state index is -0.536. The highest BCUT2D eigenvalue weighted by atomic mass is 16.6. The Morgan fingerprint density at radius 3 is 1.64 bits per heavy atom. The Balaban J connectivity index is 0. The van der Waals surface area contributed by atoms with Gasteiger partial charge in [-0.05, 0) is 56.3 Å². The summed E-state index contributed by atoms with van der Waals surface area (Å²) in [6, 6.07) is 29.3. The van der Waals surface area contributed by atoms with Crippen LogP contribution in [0.15, 0.2) is 97.1 Å². The molecular formula is C41H60N8O4. The SMILES string of the molecule is CC.CC.CC.CC.CC(=O)Nc1ccccc1N.CC(=O)Nc1ccccc1[N+](=O)[O-].Cc1nc2ccccc2[nH]1.Cc1nc2ccccc2n1C. The van der Waals surface area contributed by atoms with E-state index in [-0.39, 0.29) is 23.2 Å². The minimum absolute atomic E-state index is 0.0994. The molecule has 0 saturated heterocycles. The summed E-state index contributed by atoms with van der Waals surface area (Å²) in [7, 11) is 2.03. The number of aromatic nitrogens is 4. The molecular weight excluding hydrogens is 669 g/mol. The van der Waals surface area contributed by atoms with Crippen LogP contribution in [-0.2, 0) is 16.6 Å². The van der Waals surface area contributed by atoms with E-state index in [0.717, 1.165) is 28.2 Å². The van der Waals surface area contributed by atoms with Crippen LogP contribution in [0.2, 0.25) is 0 Å². The van der Waals surface area contributed by atoms with E-state index in [1.54, 1.807) is 24.3 Å². The van der Waals surface area contributed by atoms with Gasteiger partial charge in [-0.2, -0.15) is 0 Å². The lowest BCUT2D eigenvalue weighted by Crippen LogP contribution is -2.07. The smallest absolute Gasteiger partial charge is 0.292 e. The Morgan fingerprint density at radius 2 is 1.13 bits per heavy atom. The third-order valence-electron chi connectivity index (χ3n) is 6.20.